The van der Waals surface area contributed by atoms with Gasteiger partial charge >= 0.3 is 0 Å². The lowest BCUT2D eigenvalue weighted by Crippen LogP contribution is -2.15. The number of thiophene rings is 1. The van der Waals surface area contributed by atoms with Crippen LogP contribution in [0.5, 0.6) is 0 Å². The summed E-state index contributed by atoms with van der Waals surface area (Å²) in [4.78, 5) is 4.01. The third kappa shape index (κ3) is 3.73. The normalized spacial score (nSPS) is 10.8. The van der Waals surface area contributed by atoms with Crippen LogP contribution in [0.25, 0.3) is 0 Å². The molecular formula is C11H14BrN3S. The van der Waals surface area contributed by atoms with E-state index in [9.17, 15) is 0 Å². The Hall–Kier alpha value is -0.650. The summed E-state index contributed by atoms with van der Waals surface area (Å²) in [5.41, 5.74) is 1.35. The number of imidazole rings is 1. The molecule has 0 radical (unpaired) electrons. The highest BCUT2D eigenvalue weighted by Gasteiger charge is 1.96. The second-order valence-corrected chi connectivity index (χ2v) is 5.88. The summed E-state index contributed by atoms with van der Waals surface area (Å²) in [5.74, 6) is 0. The SMILES string of the molecule is Brc1cc(CNCCCn2ccnc2)cs1. The van der Waals surface area contributed by atoms with Gasteiger partial charge in [-0.25, -0.2) is 4.98 Å². The molecule has 0 aliphatic rings. The zero-order valence-electron chi connectivity index (χ0n) is 8.90. The average molecular weight is 300 g/mol. The summed E-state index contributed by atoms with van der Waals surface area (Å²) < 4.78 is 3.30. The highest BCUT2D eigenvalue weighted by Crippen LogP contribution is 2.20. The number of nitrogens with one attached hydrogen (secondary N) is 1. The quantitative estimate of drug-likeness (QED) is 0.831. The fourth-order valence-electron chi connectivity index (χ4n) is 1.48. The molecule has 86 valence electrons. The Morgan fingerprint density at radius 3 is 3.12 bits per heavy atom. The Bertz CT molecular complexity index is 411. The van der Waals surface area contributed by atoms with Gasteiger partial charge < -0.3 is 9.88 Å². The molecule has 0 unspecified atom stereocenters. The first kappa shape index (κ1) is 11.8. The Morgan fingerprint density at radius 1 is 1.50 bits per heavy atom. The molecule has 2 aromatic heterocycles. The molecule has 0 atom stereocenters. The second-order valence-electron chi connectivity index (χ2n) is 3.59. The maximum Gasteiger partial charge on any atom is 0.0945 e. The number of hydrogen-bond donors (Lipinski definition) is 1. The van der Waals surface area contributed by atoms with Gasteiger partial charge in [-0.05, 0) is 45.9 Å². The van der Waals surface area contributed by atoms with Crippen LogP contribution >= 0.6 is 27.3 Å². The van der Waals surface area contributed by atoms with E-state index in [-0.39, 0.29) is 0 Å². The maximum atomic E-state index is 4.01. The minimum atomic E-state index is 0.950. The van der Waals surface area contributed by atoms with Gasteiger partial charge in [0.1, 0.15) is 0 Å². The summed E-state index contributed by atoms with van der Waals surface area (Å²) in [5, 5.41) is 5.60. The molecule has 3 nitrogen and oxygen atoms in total. The summed E-state index contributed by atoms with van der Waals surface area (Å²) in [6.07, 6.45) is 6.80. The van der Waals surface area contributed by atoms with Crippen molar-refractivity contribution < 1.29 is 0 Å². The lowest BCUT2D eigenvalue weighted by molar-refractivity contribution is 0.581. The Labute approximate surface area is 108 Å². The molecule has 0 saturated heterocycles. The van der Waals surface area contributed by atoms with Crippen LogP contribution < -0.4 is 5.32 Å². The van der Waals surface area contributed by atoms with E-state index in [0.29, 0.717) is 0 Å². The highest BCUT2D eigenvalue weighted by molar-refractivity contribution is 9.11. The molecule has 0 amide bonds. The number of aromatic nitrogens is 2. The van der Waals surface area contributed by atoms with Crippen molar-refractivity contribution >= 4 is 27.3 Å². The molecule has 1 N–H and O–H groups in total. The van der Waals surface area contributed by atoms with Crippen molar-refractivity contribution in [2.75, 3.05) is 6.54 Å². The van der Waals surface area contributed by atoms with Crippen LogP contribution in [0.3, 0.4) is 0 Å². The van der Waals surface area contributed by atoms with Crippen molar-refractivity contribution in [1.29, 1.82) is 0 Å². The van der Waals surface area contributed by atoms with Crippen molar-refractivity contribution in [3.63, 3.8) is 0 Å². The smallest absolute Gasteiger partial charge is 0.0945 e. The summed E-state index contributed by atoms with van der Waals surface area (Å²) in [7, 11) is 0. The van der Waals surface area contributed by atoms with Gasteiger partial charge in [0.15, 0.2) is 0 Å². The number of aryl methyl sites for hydroxylation is 1. The number of hydrogen-bond acceptors (Lipinski definition) is 3. The van der Waals surface area contributed by atoms with Crippen LogP contribution in [0.2, 0.25) is 0 Å². The molecule has 5 heteroatoms. The van der Waals surface area contributed by atoms with E-state index in [1.807, 2.05) is 18.7 Å². The van der Waals surface area contributed by atoms with Crippen LogP contribution in [0.15, 0.2) is 34.0 Å². The first-order chi connectivity index (χ1) is 7.84. The van der Waals surface area contributed by atoms with E-state index in [1.54, 1.807) is 11.3 Å². The molecule has 2 aromatic rings. The van der Waals surface area contributed by atoms with E-state index in [0.717, 1.165) is 26.1 Å². The van der Waals surface area contributed by atoms with E-state index in [2.05, 4.69) is 42.2 Å². The number of nitrogens with zero attached hydrogens (tertiary/aromatic N) is 2. The van der Waals surface area contributed by atoms with Gasteiger partial charge in [-0.1, -0.05) is 0 Å². The molecule has 16 heavy (non-hydrogen) atoms. The van der Waals surface area contributed by atoms with Crippen molar-refractivity contribution in [3.8, 4) is 0 Å². The molecular weight excluding hydrogens is 286 g/mol. The van der Waals surface area contributed by atoms with E-state index in [1.165, 1.54) is 9.35 Å². The Kier molecular flexibility index (Phi) is 4.56. The minimum Gasteiger partial charge on any atom is -0.337 e. The highest BCUT2D eigenvalue weighted by atomic mass is 79.9. The standard InChI is InChI=1S/C11H14BrN3S/c12-11-6-10(8-16-11)7-13-2-1-4-15-5-3-14-9-15/h3,5-6,8-9,13H,1-2,4,7H2. The van der Waals surface area contributed by atoms with Crippen molar-refractivity contribution in [2.45, 2.75) is 19.5 Å². The molecule has 0 bridgehead atoms. The van der Waals surface area contributed by atoms with Crippen molar-refractivity contribution in [2.24, 2.45) is 0 Å². The molecule has 2 rings (SSSR count). The van der Waals surface area contributed by atoms with Crippen LogP contribution in [0.4, 0.5) is 0 Å². The molecule has 0 saturated carbocycles. The van der Waals surface area contributed by atoms with Crippen LogP contribution in [-0.4, -0.2) is 16.1 Å². The third-order valence-corrected chi connectivity index (χ3v) is 3.83. The molecule has 2 heterocycles. The maximum absolute atomic E-state index is 4.01. The fraction of sp³-hybridized carbons (Fsp3) is 0.364. The van der Waals surface area contributed by atoms with Crippen LogP contribution in [-0.2, 0) is 13.1 Å². The molecule has 0 spiro atoms. The van der Waals surface area contributed by atoms with Crippen molar-refractivity contribution in [1.82, 2.24) is 14.9 Å². The predicted octanol–water partition coefficient (Wildman–Crippen LogP) is 2.89. The minimum absolute atomic E-state index is 0.950. The van der Waals surface area contributed by atoms with Crippen molar-refractivity contribution in [3.05, 3.63) is 39.5 Å². The van der Waals surface area contributed by atoms with E-state index >= 15 is 0 Å². The predicted molar refractivity (Wildman–Crippen MR) is 70.6 cm³/mol. The topological polar surface area (TPSA) is 29.9 Å². The molecule has 0 fully saturated rings. The number of halogens is 1. The first-order valence-corrected chi connectivity index (χ1v) is 6.91. The summed E-state index contributed by atoms with van der Waals surface area (Å²) >= 11 is 5.19. The largest absolute Gasteiger partial charge is 0.337 e. The Balaban J connectivity index is 1.59. The zero-order chi connectivity index (χ0) is 11.2. The zero-order valence-corrected chi connectivity index (χ0v) is 11.3. The van der Waals surface area contributed by atoms with Crippen LogP contribution in [0, 0.1) is 0 Å². The third-order valence-electron chi connectivity index (χ3n) is 2.28. The van der Waals surface area contributed by atoms with Gasteiger partial charge in [-0.2, -0.15) is 0 Å². The molecule has 0 aromatic carbocycles. The molecule has 0 aliphatic heterocycles. The lowest BCUT2D eigenvalue weighted by Gasteiger charge is -2.03. The Morgan fingerprint density at radius 2 is 2.44 bits per heavy atom. The van der Waals surface area contributed by atoms with Gasteiger partial charge in [0.25, 0.3) is 0 Å². The fourth-order valence-corrected chi connectivity index (χ4v) is 2.69. The summed E-state index contributed by atoms with van der Waals surface area (Å²) in [6, 6.07) is 2.16. The first-order valence-electron chi connectivity index (χ1n) is 5.24. The number of rotatable bonds is 6. The van der Waals surface area contributed by atoms with E-state index < -0.39 is 0 Å². The van der Waals surface area contributed by atoms with E-state index in [4.69, 9.17) is 0 Å². The van der Waals surface area contributed by atoms with Gasteiger partial charge in [0.05, 0.1) is 10.1 Å². The monoisotopic (exact) mass is 299 g/mol. The van der Waals surface area contributed by atoms with Gasteiger partial charge in [0, 0.05) is 25.5 Å². The molecule has 0 aliphatic carbocycles. The van der Waals surface area contributed by atoms with Gasteiger partial charge in [0.2, 0.25) is 0 Å². The van der Waals surface area contributed by atoms with Crippen LogP contribution in [0.1, 0.15) is 12.0 Å². The average Bonchev–Trinajstić information content (AvgIpc) is 2.89. The second kappa shape index (κ2) is 6.18. The summed E-state index contributed by atoms with van der Waals surface area (Å²) in [6.45, 7) is 3.01. The van der Waals surface area contributed by atoms with Gasteiger partial charge in [-0.3, -0.25) is 0 Å². The van der Waals surface area contributed by atoms with Gasteiger partial charge in [-0.15, -0.1) is 11.3 Å². The lowest BCUT2D eigenvalue weighted by atomic mass is 10.3.